The summed E-state index contributed by atoms with van der Waals surface area (Å²) in [5, 5.41) is 8.85. The molecule has 0 aliphatic carbocycles. The van der Waals surface area contributed by atoms with Crippen molar-refractivity contribution in [1.29, 1.82) is 0 Å². The lowest BCUT2D eigenvalue weighted by atomic mass is 9.96. The van der Waals surface area contributed by atoms with Crippen LogP contribution in [0.25, 0.3) is 0 Å². The Kier molecular flexibility index (Phi) is 7.82. The molecule has 0 atom stereocenters. The minimum Gasteiger partial charge on any atom is -0.484 e. The van der Waals surface area contributed by atoms with Gasteiger partial charge in [-0.1, -0.05) is 6.07 Å². The molecule has 3 aliphatic rings. The average Bonchev–Trinajstić information content (AvgIpc) is 2.81. The summed E-state index contributed by atoms with van der Waals surface area (Å²) in [4.78, 5) is 40.1. The Balaban J connectivity index is 1.21. The predicted octanol–water partition coefficient (Wildman–Crippen LogP) is 1.40. The number of likely N-dealkylation sites (tertiary alicyclic amines) is 1. The highest BCUT2D eigenvalue weighted by molar-refractivity contribution is 6.06. The monoisotopic (exact) mass is 457 g/mol. The second kappa shape index (κ2) is 11.0. The number of hydrogen-bond donors (Lipinski definition) is 3. The number of carbonyl (C=O) groups is 3. The smallest absolute Gasteiger partial charge is 0.328 e. The summed E-state index contributed by atoms with van der Waals surface area (Å²) < 4.78 is 5.72. The molecule has 0 saturated carbocycles. The van der Waals surface area contributed by atoms with Gasteiger partial charge in [-0.15, -0.1) is 0 Å². The van der Waals surface area contributed by atoms with Gasteiger partial charge < -0.3 is 20.3 Å². The van der Waals surface area contributed by atoms with Crippen LogP contribution in [-0.2, 0) is 9.59 Å². The number of urea groups is 1. The molecule has 4 amide bonds. The van der Waals surface area contributed by atoms with Gasteiger partial charge in [-0.05, 0) is 63.2 Å². The molecule has 0 bridgehead atoms. The Bertz CT molecular complexity index is 862. The first-order chi connectivity index (χ1) is 16.0. The second-order valence-electron chi connectivity index (χ2n) is 9.33. The molecule has 0 radical (unpaired) electrons. The van der Waals surface area contributed by atoms with E-state index in [0.29, 0.717) is 18.0 Å². The van der Waals surface area contributed by atoms with Crippen LogP contribution in [0.15, 0.2) is 18.2 Å². The molecule has 3 aliphatic heterocycles. The number of ether oxygens (including phenoxy) is 1. The van der Waals surface area contributed by atoms with Crippen LogP contribution in [0.2, 0.25) is 0 Å². The van der Waals surface area contributed by atoms with Crippen molar-refractivity contribution >= 4 is 23.5 Å². The lowest BCUT2D eigenvalue weighted by molar-refractivity contribution is -0.124. The van der Waals surface area contributed by atoms with E-state index in [-0.39, 0.29) is 30.9 Å². The second-order valence-corrected chi connectivity index (χ2v) is 9.33. The van der Waals surface area contributed by atoms with Crippen molar-refractivity contribution in [2.75, 3.05) is 50.8 Å². The van der Waals surface area contributed by atoms with Crippen LogP contribution in [0.3, 0.4) is 0 Å². The highest BCUT2D eigenvalue weighted by Crippen LogP contribution is 2.27. The highest BCUT2D eigenvalue weighted by Gasteiger charge is 2.26. The van der Waals surface area contributed by atoms with Gasteiger partial charge >= 0.3 is 6.03 Å². The first-order valence-corrected chi connectivity index (χ1v) is 12.0. The lowest BCUT2D eigenvalue weighted by Crippen LogP contribution is -2.49. The molecule has 33 heavy (non-hydrogen) atoms. The average molecular weight is 458 g/mol. The van der Waals surface area contributed by atoms with E-state index in [0.717, 1.165) is 50.5 Å². The summed E-state index contributed by atoms with van der Waals surface area (Å²) in [6.07, 6.45) is 4.71. The van der Waals surface area contributed by atoms with Crippen LogP contribution >= 0.6 is 0 Å². The molecule has 0 aromatic heterocycles. The van der Waals surface area contributed by atoms with Crippen molar-refractivity contribution in [3.8, 4) is 5.75 Å². The van der Waals surface area contributed by atoms with Gasteiger partial charge in [0.05, 0.1) is 5.69 Å². The number of hydrogen-bond acceptors (Lipinski definition) is 6. The van der Waals surface area contributed by atoms with Crippen molar-refractivity contribution in [2.24, 2.45) is 5.92 Å². The number of anilines is 1. The minimum atomic E-state index is -0.435. The van der Waals surface area contributed by atoms with E-state index in [1.807, 2.05) is 13.0 Å². The van der Waals surface area contributed by atoms with Crippen LogP contribution in [0.1, 0.15) is 37.7 Å². The molecular formula is C24H35N5O4. The number of carbonyl (C=O) groups excluding carboxylic acids is 3. The Morgan fingerprint density at radius 2 is 1.88 bits per heavy atom. The predicted molar refractivity (Wildman–Crippen MR) is 125 cm³/mol. The van der Waals surface area contributed by atoms with Gasteiger partial charge in [0.2, 0.25) is 5.91 Å². The first-order valence-electron chi connectivity index (χ1n) is 12.0. The molecule has 1 aromatic carbocycles. The number of aryl methyl sites for hydroxylation is 1. The fourth-order valence-electron chi connectivity index (χ4n) is 4.87. The van der Waals surface area contributed by atoms with Crippen molar-refractivity contribution in [2.45, 2.75) is 45.1 Å². The molecule has 0 spiro atoms. The molecule has 0 unspecified atom stereocenters. The molecule has 9 nitrogen and oxygen atoms in total. The van der Waals surface area contributed by atoms with Gasteiger partial charge in [-0.2, -0.15) is 0 Å². The zero-order valence-corrected chi connectivity index (χ0v) is 19.4. The first kappa shape index (κ1) is 23.5. The number of piperidine rings is 2. The van der Waals surface area contributed by atoms with E-state index in [9.17, 15) is 14.4 Å². The lowest BCUT2D eigenvalue weighted by Gasteiger charge is -2.35. The van der Waals surface area contributed by atoms with Crippen molar-refractivity contribution in [3.63, 3.8) is 0 Å². The maximum atomic E-state index is 12.5. The van der Waals surface area contributed by atoms with Crippen LogP contribution in [-0.4, -0.2) is 74.7 Å². The zero-order valence-electron chi connectivity index (χ0n) is 19.4. The standard InChI is InChI=1S/C24H35N5O4/c1-17-2-3-20(14-21(17)29-13-8-22(30)27-24(29)32)33-16-23(31)26-19-6-11-28(12-7-19)15-18-4-9-25-10-5-18/h2-3,14,18-19,25H,4-13,15-16H2,1H3,(H,26,31)(H,27,30,32). The SMILES string of the molecule is Cc1ccc(OCC(=O)NC2CCN(CC3CCNCC3)CC2)cc1N1CCC(=O)NC1=O. The summed E-state index contributed by atoms with van der Waals surface area (Å²) in [5.74, 6) is 0.916. The van der Waals surface area contributed by atoms with Crippen molar-refractivity contribution in [3.05, 3.63) is 23.8 Å². The number of amides is 4. The molecule has 180 valence electrons. The fraction of sp³-hybridized carbons (Fsp3) is 0.625. The number of imide groups is 1. The Morgan fingerprint density at radius 1 is 1.12 bits per heavy atom. The molecule has 4 rings (SSSR count). The zero-order chi connectivity index (χ0) is 23.2. The summed E-state index contributed by atoms with van der Waals surface area (Å²) in [7, 11) is 0. The Labute approximate surface area is 195 Å². The van der Waals surface area contributed by atoms with Gasteiger partial charge in [0.15, 0.2) is 6.61 Å². The number of nitrogens with one attached hydrogen (secondary N) is 3. The van der Waals surface area contributed by atoms with Gasteiger partial charge in [0.25, 0.3) is 5.91 Å². The Morgan fingerprint density at radius 3 is 2.61 bits per heavy atom. The van der Waals surface area contributed by atoms with Crippen LogP contribution in [0.4, 0.5) is 10.5 Å². The fourth-order valence-corrected chi connectivity index (χ4v) is 4.87. The molecule has 9 heteroatoms. The molecule has 3 fully saturated rings. The van der Waals surface area contributed by atoms with Crippen LogP contribution < -0.4 is 25.6 Å². The normalized spacial score (nSPS) is 21.1. The Hall–Kier alpha value is -2.65. The minimum absolute atomic E-state index is 0.0670. The molecule has 1 aromatic rings. The van der Waals surface area contributed by atoms with Gasteiger partial charge in [-0.3, -0.25) is 19.8 Å². The maximum absolute atomic E-state index is 12.5. The third-order valence-corrected chi connectivity index (χ3v) is 6.82. The maximum Gasteiger partial charge on any atom is 0.328 e. The van der Waals surface area contributed by atoms with Crippen molar-refractivity contribution in [1.82, 2.24) is 20.9 Å². The summed E-state index contributed by atoms with van der Waals surface area (Å²) >= 11 is 0. The van der Waals surface area contributed by atoms with E-state index >= 15 is 0 Å². The summed E-state index contributed by atoms with van der Waals surface area (Å²) in [5.41, 5.74) is 1.58. The van der Waals surface area contributed by atoms with E-state index in [4.69, 9.17) is 4.74 Å². The molecule has 3 saturated heterocycles. The quantitative estimate of drug-likeness (QED) is 0.572. The largest absolute Gasteiger partial charge is 0.484 e. The number of rotatable bonds is 7. The van der Waals surface area contributed by atoms with E-state index in [1.54, 1.807) is 12.1 Å². The van der Waals surface area contributed by atoms with Crippen molar-refractivity contribution < 1.29 is 19.1 Å². The van der Waals surface area contributed by atoms with E-state index < -0.39 is 6.03 Å². The summed E-state index contributed by atoms with van der Waals surface area (Å²) in [6, 6.07) is 5.14. The van der Waals surface area contributed by atoms with Crippen LogP contribution in [0.5, 0.6) is 5.75 Å². The van der Waals surface area contributed by atoms with Gasteiger partial charge in [0, 0.05) is 44.7 Å². The highest BCUT2D eigenvalue weighted by atomic mass is 16.5. The summed E-state index contributed by atoms with van der Waals surface area (Å²) in [6.45, 7) is 7.63. The van der Waals surface area contributed by atoms with Crippen LogP contribution in [0, 0.1) is 12.8 Å². The third kappa shape index (κ3) is 6.45. The number of nitrogens with zero attached hydrogens (tertiary/aromatic N) is 2. The number of benzene rings is 1. The topological polar surface area (TPSA) is 103 Å². The molecule has 3 N–H and O–H groups in total. The van der Waals surface area contributed by atoms with E-state index in [2.05, 4.69) is 20.9 Å². The third-order valence-electron chi connectivity index (χ3n) is 6.82. The molecular weight excluding hydrogens is 422 g/mol. The van der Waals surface area contributed by atoms with E-state index in [1.165, 1.54) is 24.3 Å². The van der Waals surface area contributed by atoms with Gasteiger partial charge in [-0.25, -0.2) is 4.79 Å². The van der Waals surface area contributed by atoms with Gasteiger partial charge in [0.1, 0.15) is 5.75 Å². The molecule has 3 heterocycles.